The summed E-state index contributed by atoms with van der Waals surface area (Å²) in [6, 6.07) is 7.99. The number of nitrogens with one attached hydrogen (secondary N) is 1. The van der Waals surface area contributed by atoms with Crippen LogP contribution in [0.3, 0.4) is 0 Å². The molecule has 3 heteroatoms. The quantitative estimate of drug-likeness (QED) is 0.572. The van der Waals surface area contributed by atoms with Gasteiger partial charge in [0.05, 0.1) is 6.42 Å². The minimum absolute atomic E-state index is 0.103. The lowest BCUT2D eigenvalue weighted by atomic mass is 10.1. The van der Waals surface area contributed by atoms with Gasteiger partial charge in [-0.1, -0.05) is 38.3 Å². The SMILES string of the molecule is CCCCCC(C)NC(=O)Cc1ccc(S)cc1. The van der Waals surface area contributed by atoms with Gasteiger partial charge in [0.2, 0.25) is 5.91 Å². The van der Waals surface area contributed by atoms with Crippen LogP contribution < -0.4 is 5.32 Å². The average Bonchev–Trinajstić information content (AvgIpc) is 2.32. The van der Waals surface area contributed by atoms with E-state index < -0.39 is 0 Å². The van der Waals surface area contributed by atoms with E-state index in [1.807, 2.05) is 24.3 Å². The third-order valence-corrected chi connectivity index (χ3v) is 3.25. The Kier molecular flexibility index (Phi) is 6.88. The van der Waals surface area contributed by atoms with Crippen molar-refractivity contribution in [3.63, 3.8) is 0 Å². The Balaban J connectivity index is 2.30. The molecule has 0 saturated heterocycles. The fourth-order valence-electron chi connectivity index (χ4n) is 1.90. The number of amides is 1. The van der Waals surface area contributed by atoms with Crippen molar-refractivity contribution in [3.8, 4) is 0 Å². The first kappa shape index (κ1) is 15.1. The number of carbonyl (C=O) groups is 1. The lowest BCUT2D eigenvalue weighted by molar-refractivity contribution is -0.121. The second-order valence-electron chi connectivity index (χ2n) is 4.81. The number of benzene rings is 1. The zero-order chi connectivity index (χ0) is 13.4. The normalized spacial score (nSPS) is 12.2. The zero-order valence-electron chi connectivity index (χ0n) is 11.3. The molecule has 0 bridgehead atoms. The molecule has 0 spiro atoms. The summed E-state index contributed by atoms with van der Waals surface area (Å²) in [5.41, 5.74) is 1.03. The van der Waals surface area contributed by atoms with Crippen molar-refractivity contribution in [1.82, 2.24) is 5.32 Å². The van der Waals surface area contributed by atoms with E-state index in [2.05, 4.69) is 31.8 Å². The van der Waals surface area contributed by atoms with Crippen LogP contribution in [-0.2, 0) is 11.2 Å². The van der Waals surface area contributed by atoms with Crippen LogP contribution in [0.25, 0.3) is 0 Å². The van der Waals surface area contributed by atoms with Crippen LogP contribution in [-0.4, -0.2) is 11.9 Å². The second kappa shape index (κ2) is 8.20. The van der Waals surface area contributed by atoms with Gasteiger partial charge in [-0.05, 0) is 31.0 Å². The molecule has 1 unspecified atom stereocenters. The van der Waals surface area contributed by atoms with E-state index in [9.17, 15) is 4.79 Å². The van der Waals surface area contributed by atoms with E-state index in [4.69, 9.17) is 0 Å². The Morgan fingerprint density at radius 2 is 1.94 bits per heavy atom. The van der Waals surface area contributed by atoms with Crippen LogP contribution in [0.15, 0.2) is 29.2 Å². The molecule has 1 rings (SSSR count). The molecule has 0 aliphatic rings. The molecule has 1 N–H and O–H groups in total. The third-order valence-electron chi connectivity index (χ3n) is 2.95. The molecule has 0 fully saturated rings. The van der Waals surface area contributed by atoms with Gasteiger partial charge in [-0.3, -0.25) is 4.79 Å². The van der Waals surface area contributed by atoms with Crippen LogP contribution in [0.4, 0.5) is 0 Å². The van der Waals surface area contributed by atoms with Gasteiger partial charge in [0, 0.05) is 10.9 Å². The number of carbonyl (C=O) groups excluding carboxylic acids is 1. The molecule has 1 amide bonds. The molecular formula is C15H23NOS. The predicted octanol–water partition coefficient (Wildman–Crippen LogP) is 3.60. The van der Waals surface area contributed by atoms with E-state index in [0.29, 0.717) is 6.42 Å². The van der Waals surface area contributed by atoms with Gasteiger partial charge < -0.3 is 5.32 Å². The summed E-state index contributed by atoms with van der Waals surface area (Å²) in [5.74, 6) is 0.103. The highest BCUT2D eigenvalue weighted by Crippen LogP contribution is 2.08. The molecule has 0 radical (unpaired) electrons. The summed E-state index contributed by atoms with van der Waals surface area (Å²) in [5, 5.41) is 3.04. The molecule has 1 aromatic rings. The Labute approximate surface area is 116 Å². The molecule has 1 atom stereocenters. The minimum Gasteiger partial charge on any atom is -0.353 e. The number of rotatable bonds is 7. The maximum Gasteiger partial charge on any atom is 0.224 e. The topological polar surface area (TPSA) is 29.1 Å². The Bertz CT molecular complexity index is 361. The standard InChI is InChI=1S/C15H23NOS/c1-3-4-5-6-12(2)16-15(17)11-13-7-9-14(18)10-8-13/h7-10,12,18H,3-6,11H2,1-2H3,(H,16,17). The van der Waals surface area contributed by atoms with Gasteiger partial charge in [0.15, 0.2) is 0 Å². The molecule has 0 saturated carbocycles. The molecule has 2 nitrogen and oxygen atoms in total. The summed E-state index contributed by atoms with van der Waals surface area (Å²) < 4.78 is 0. The van der Waals surface area contributed by atoms with Gasteiger partial charge in [-0.25, -0.2) is 0 Å². The number of hydrogen-bond donors (Lipinski definition) is 2. The highest BCUT2D eigenvalue weighted by Gasteiger charge is 2.07. The first-order valence-corrected chi connectivity index (χ1v) is 7.13. The van der Waals surface area contributed by atoms with Crippen molar-refractivity contribution < 1.29 is 4.79 Å². The Morgan fingerprint density at radius 3 is 2.56 bits per heavy atom. The van der Waals surface area contributed by atoms with Gasteiger partial charge in [0.25, 0.3) is 0 Å². The lowest BCUT2D eigenvalue weighted by Gasteiger charge is -2.13. The van der Waals surface area contributed by atoms with Crippen LogP contribution in [0.2, 0.25) is 0 Å². The first-order chi connectivity index (χ1) is 8.61. The van der Waals surface area contributed by atoms with E-state index in [1.165, 1.54) is 19.3 Å². The van der Waals surface area contributed by atoms with Crippen LogP contribution in [0.1, 0.15) is 45.1 Å². The zero-order valence-corrected chi connectivity index (χ0v) is 12.2. The third kappa shape index (κ3) is 6.10. The lowest BCUT2D eigenvalue weighted by Crippen LogP contribution is -2.33. The summed E-state index contributed by atoms with van der Waals surface area (Å²) in [7, 11) is 0. The van der Waals surface area contributed by atoms with Crippen LogP contribution in [0.5, 0.6) is 0 Å². The highest BCUT2D eigenvalue weighted by molar-refractivity contribution is 7.80. The highest BCUT2D eigenvalue weighted by atomic mass is 32.1. The van der Waals surface area contributed by atoms with E-state index in [1.54, 1.807) is 0 Å². The van der Waals surface area contributed by atoms with Crippen molar-refractivity contribution in [3.05, 3.63) is 29.8 Å². The fourth-order valence-corrected chi connectivity index (χ4v) is 2.05. The number of thiol groups is 1. The second-order valence-corrected chi connectivity index (χ2v) is 5.32. The Morgan fingerprint density at radius 1 is 1.28 bits per heavy atom. The summed E-state index contributed by atoms with van der Waals surface area (Å²) in [6.07, 6.45) is 5.16. The van der Waals surface area contributed by atoms with Crippen molar-refractivity contribution in [2.45, 2.75) is 56.9 Å². The molecule has 1 aromatic carbocycles. The average molecular weight is 265 g/mol. The smallest absolute Gasteiger partial charge is 0.224 e. The summed E-state index contributed by atoms with van der Waals surface area (Å²) >= 11 is 4.22. The summed E-state index contributed by atoms with van der Waals surface area (Å²) in [6.45, 7) is 4.26. The van der Waals surface area contributed by atoms with Gasteiger partial charge in [0.1, 0.15) is 0 Å². The van der Waals surface area contributed by atoms with E-state index >= 15 is 0 Å². The minimum atomic E-state index is 0.103. The number of hydrogen-bond acceptors (Lipinski definition) is 2. The maximum absolute atomic E-state index is 11.8. The Hall–Kier alpha value is -0.960. The van der Waals surface area contributed by atoms with E-state index in [-0.39, 0.29) is 11.9 Å². The molecule has 0 heterocycles. The molecule has 0 aliphatic heterocycles. The van der Waals surface area contributed by atoms with Gasteiger partial charge in [-0.2, -0.15) is 0 Å². The summed E-state index contributed by atoms with van der Waals surface area (Å²) in [4.78, 5) is 12.7. The molecular weight excluding hydrogens is 242 g/mol. The van der Waals surface area contributed by atoms with E-state index in [0.717, 1.165) is 16.9 Å². The molecule has 0 aromatic heterocycles. The van der Waals surface area contributed by atoms with Crippen LogP contribution in [0, 0.1) is 0 Å². The predicted molar refractivity (Wildman–Crippen MR) is 79.1 cm³/mol. The van der Waals surface area contributed by atoms with Gasteiger partial charge >= 0.3 is 0 Å². The van der Waals surface area contributed by atoms with Crippen molar-refractivity contribution >= 4 is 18.5 Å². The monoisotopic (exact) mass is 265 g/mol. The molecule has 100 valence electrons. The molecule has 0 aliphatic carbocycles. The van der Waals surface area contributed by atoms with Gasteiger partial charge in [-0.15, -0.1) is 12.6 Å². The first-order valence-electron chi connectivity index (χ1n) is 6.69. The van der Waals surface area contributed by atoms with Crippen molar-refractivity contribution in [1.29, 1.82) is 0 Å². The molecule has 18 heavy (non-hydrogen) atoms. The maximum atomic E-state index is 11.8. The van der Waals surface area contributed by atoms with Crippen LogP contribution >= 0.6 is 12.6 Å². The van der Waals surface area contributed by atoms with Crippen molar-refractivity contribution in [2.75, 3.05) is 0 Å². The van der Waals surface area contributed by atoms with Crippen molar-refractivity contribution in [2.24, 2.45) is 0 Å². The largest absolute Gasteiger partial charge is 0.353 e. The fraction of sp³-hybridized carbons (Fsp3) is 0.533. The number of unbranched alkanes of at least 4 members (excludes halogenated alkanes) is 2.